The van der Waals surface area contributed by atoms with Gasteiger partial charge in [-0.1, -0.05) is 36.4 Å². The third kappa shape index (κ3) is 4.40. The molecule has 0 bridgehead atoms. The van der Waals surface area contributed by atoms with Gasteiger partial charge in [-0.15, -0.1) is 11.3 Å². The summed E-state index contributed by atoms with van der Waals surface area (Å²) in [7, 11) is 1.79. The molecule has 3 aromatic heterocycles. The van der Waals surface area contributed by atoms with Crippen LogP contribution < -0.4 is 0 Å². The molecule has 4 rings (SSSR count). The Morgan fingerprint density at radius 3 is 2.62 bits per heavy atom. The zero-order valence-electron chi connectivity index (χ0n) is 18.2. The number of ether oxygens (including phenoxy) is 1. The van der Waals surface area contributed by atoms with E-state index in [0.717, 1.165) is 10.4 Å². The topological polar surface area (TPSA) is 77.3 Å². The normalized spacial score (nSPS) is 11.0. The van der Waals surface area contributed by atoms with Crippen LogP contribution in [0.2, 0.25) is 0 Å². The molecule has 1 aromatic carbocycles. The number of aryl methyl sites for hydroxylation is 2. The summed E-state index contributed by atoms with van der Waals surface area (Å²) in [5.74, 6) is -0.799. The molecule has 0 fully saturated rings. The average molecular weight is 449 g/mol. The summed E-state index contributed by atoms with van der Waals surface area (Å²) in [6.07, 6.45) is 0. The van der Waals surface area contributed by atoms with E-state index >= 15 is 0 Å². The molecular formula is C24H24N4O3S. The van der Waals surface area contributed by atoms with E-state index in [2.05, 4.69) is 5.10 Å². The van der Waals surface area contributed by atoms with Gasteiger partial charge < -0.3 is 9.64 Å². The van der Waals surface area contributed by atoms with E-state index in [-0.39, 0.29) is 12.5 Å². The fourth-order valence-electron chi connectivity index (χ4n) is 3.63. The molecule has 32 heavy (non-hydrogen) atoms. The van der Waals surface area contributed by atoms with Crippen molar-refractivity contribution in [1.29, 1.82) is 0 Å². The van der Waals surface area contributed by atoms with Crippen molar-refractivity contribution in [3.05, 3.63) is 70.7 Å². The second-order valence-corrected chi connectivity index (χ2v) is 8.36. The van der Waals surface area contributed by atoms with Gasteiger partial charge in [0.05, 0.1) is 27.2 Å². The first-order valence-corrected chi connectivity index (χ1v) is 11.2. The Balaban J connectivity index is 1.56. The number of pyridine rings is 1. The van der Waals surface area contributed by atoms with E-state index < -0.39 is 5.97 Å². The van der Waals surface area contributed by atoms with Gasteiger partial charge in [0.15, 0.2) is 12.3 Å². The van der Waals surface area contributed by atoms with Crippen molar-refractivity contribution in [1.82, 2.24) is 19.7 Å². The zero-order valence-corrected chi connectivity index (χ0v) is 19.1. The Morgan fingerprint density at radius 1 is 1.16 bits per heavy atom. The summed E-state index contributed by atoms with van der Waals surface area (Å²) in [5.41, 5.74) is 3.35. The van der Waals surface area contributed by atoms with Crippen LogP contribution in [0.3, 0.4) is 0 Å². The average Bonchev–Trinajstić information content (AvgIpc) is 3.44. The van der Waals surface area contributed by atoms with Gasteiger partial charge in [0.25, 0.3) is 5.91 Å². The summed E-state index contributed by atoms with van der Waals surface area (Å²) in [5, 5.41) is 7.01. The maximum atomic E-state index is 13.1. The van der Waals surface area contributed by atoms with Gasteiger partial charge in [-0.05, 0) is 36.9 Å². The van der Waals surface area contributed by atoms with Crippen molar-refractivity contribution in [3.63, 3.8) is 0 Å². The van der Waals surface area contributed by atoms with Crippen molar-refractivity contribution in [2.24, 2.45) is 7.05 Å². The van der Waals surface area contributed by atoms with Gasteiger partial charge >= 0.3 is 5.97 Å². The molecule has 164 valence electrons. The lowest BCUT2D eigenvalue weighted by Gasteiger charge is -2.21. The summed E-state index contributed by atoms with van der Waals surface area (Å²) in [6, 6.07) is 15.3. The SMILES string of the molecule is CCN(Cc1ccccc1)C(=O)COC(=O)c1cc(-c2cccs2)nc2c1c(C)nn2C. The highest BCUT2D eigenvalue weighted by Gasteiger charge is 2.22. The molecule has 0 aliphatic carbocycles. The Kier molecular flexibility index (Phi) is 6.32. The molecule has 4 aromatic rings. The highest BCUT2D eigenvalue weighted by Crippen LogP contribution is 2.29. The molecule has 0 saturated heterocycles. The molecule has 0 atom stereocenters. The Bertz CT molecular complexity index is 1250. The number of benzene rings is 1. The molecule has 0 aliphatic heterocycles. The van der Waals surface area contributed by atoms with Crippen LogP contribution in [0.4, 0.5) is 0 Å². The molecule has 0 N–H and O–H groups in total. The zero-order chi connectivity index (χ0) is 22.7. The van der Waals surface area contributed by atoms with E-state index in [1.807, 2.05) is 61.7 Å². The molecule has 0 unspecified atom stereocenters. The quantitative estimate of drug-likeness (QED) is 0.396. The minimum atomic E-state index is -0.560. The van der Waals surface area contributed by atoms with E-state index in [4.69, 9.17) is 9.72 Å². The van der Waals surface area contributed by atoms with E-state index in [1.165, 1.54) is 11.3 Å². The summed E-state index contributed by atoms with van der Waals surface area (Å²) < 4.78 is 7.12. The summed E-state index contributed by atoms with van der Waals surface area (Å²) >= 11 is 1.54. The van der Waals surface area contributed by atoms with Crippen LogP contribution in [-0.4, -0.2) is 44.7 Å². The summed E-state index contributed by atoms with van der Waals surface area (Å²) in [4.78, 5) is 33.1. The lowest BCUT2D eigenvalue weighted by atomic mass is 10.1. The number of hydrogen-bond acceptors (Lipinski definition) is 6. The van der Waals surface area contributed by atoms with Crippen molar-refractivity contribution < 1.29 is 14.3 Å². The first kappa shape index (κ1) is 21.7. The van der Waals surface area contributed by atoms with Gasteiger partial charge in [0, 0.05) is 20.1 Å². The van der Waals surface area contributed by atoms with E-state index in [0.29, 0.717) is 41.1 Å². The first-order chi connectivity index (χ1) is 15.5. The Labute approximate surface area is 190 Å². The Hall–Kier alpha value is -3.52. The minimum absolute atomic E-state index is 0.239. The van der Waals surface area contributed by atoms with Gasteiger partial charge in [0.1, 0.15) is 0 Å². The number of rotatable bonds is 7. The molecule has 0 aliphatic rings. The number of hydrogen-bond donors (Lipinski definition) is 0. The van der Waals surface area contributed by atoms with Crippen LogP contribution in [0, 0.1) is 6.92 Å². The third-order valence-corrected chi connectivity index (χ3v) is 6.13. The van der Waals surface area contributed by atoms with Crippen LogP contribution >= 0.6 is 11.3 Å². The number of nitrogens with zero attached hydrogens (tertiary/aromatic N) is 4. The minimum Gasteiger partial charge on any atom is -0.452 e. The van der Waals surface area contributed by atoms with E-state index in [9.17, 15) is 9.59 Å². The molecule has 8 heteroatoms. The largest absolute Gasteiger partial charge is 0.452 e. The van der Waals surface area contributed by atoms with Crippen LogP contribution in [0.15, 0.2) is 53.9 Å². The highest BCUT2D eigenvalue weighted by molar-refractivity contribution is 7.13. The number of carbonyl (C=O) groups is 2. The molecule has 0 saturated carbocycles. The smallest absolute Gasteiger partial charge is 0.339 e. The molecule has 0 radical (unpaired) electrons. The fraction of sp³-hybridized carbons (Fsp3) is 0.250. The highest BCUT2D eigenvalue weighted by atomic mass is 32.1. The Morgan fingerprint density at radius 2 is 1.94 bits per heavy atom. The van der Waals surface area contributed by atoms with Gasteiger partial charge in [-0.2, -0.15) is 5.10 Å². The second-order valence-electron chi connectivity index (χ2n) is 7.41. The molecule has 3 heterocycles. The fourth-order valence-corrected chi connectivity index (χ4v) is 4.32. The number of likely N-dealkylation sites (N-methyl/N-ethyl adjacent to an activating group) is 1. The molecule has 1 amide bonds. The first-order valence-electron chi connectivity index (χ1n) is 10.3. The number of carbonyl (C=O) groups excluding carboxylic acids is 2. The van der Waals surface area contributed by atoms with Crippen molar-refractivity contribution in [3.8, 4) is 10.6 Å². The molecule has 0 spiro atoms. The number of amides is 1. The predicted molar refractivity (Wildman–Crippen MR) is 124 cm³/mol. The number of thiophene rings is 1. The van der Waals surface area contributed by atoms with Crippen molar-refractivity contribution in [2.75, 3.05) is 13.2 Å². The molecular weight excluding hydrogens is 424 g/mol. The van der Waals surface area contributed by atoms with Crippen molar-refractivity contribution >= 4 is 34.2 Å². The van der Waals surface area contributed by atoms with Crippen LogP contribution in [0.1, 0.15) is 28.5 Å². The summed E-state index contributed by atoms with van der Waals surface area (Å²) in [6.45, 7) is 4.40. The van der Waals surface area contributed by atoms with Crippen molar-refractivity contribution in [2.45, 2.75) is 20.4 Å². The standard InChI is InChI=1S/C24H24N4O3S/c1-4-28(14-17-9-6-5-7-10-17)21(29)15-31-24(30)18-13-19(20-11-8-12-32-20)25-23-22(18)16(2)26-27(23)3/h5-13H,4,14-15H2,1-3H3. The van der Waals surface area contributed by atoms with E-state index in [1.54, 1.807) is 22.7 Å². The number of aromatic nitrogens is 3. The molecule has 7 nitrogen and oxygen atoms in total. The lowest BCUT2D eigenvalue weighted by Crippen LogP contribution is -2.34. The maximum Gasteiger partial charge on any atom is 0.339 e. The number of fused-ring (bicyclic) bond motifs is 1. The number of esters is 1. The van der Waals surface area contributed by atoms with Gasteiger partial charge in [0.2, 0.25) is 0 Å². The second kappa shape index (κ2) is 9.32. The third-order valence-electron chi connectivity index (χ3n) is 5.24. The maximum absolute atomic E-state index is 13.1. The monoisotopic (exact) mass is 448 g/mol. The lowest BCUT2D eigenvalue weighted by molar-refractivity contribution is -0.134. The van der Waals surface area contributed by atoms with Crippen LogP contribution in [0.5, 0.6) is 0 Å². The van der Waals surface area contributed by atoms with Crippen LogP contribution in [0.25, 0.3) is 21.6 Å². The predicted octanol–water partition coefficient (Wildman–Crippen LogP) is 4.21. The van der Waals surface area contributed by atoms with Crippen LogP contribution in [-0.2, 0) is 23.1 Å². The van der Waals surface area contributed by atoms with Gasteiger partial charge in [-0.25, -0.2) is 9.78 Å². The van der Waals surface area contributed by atoms with Gasteiger partial charge in [-0.3, -0.25) is 9.48 Å².